The fraction of sp³-hybridized carbons (Fsp3) is 0.222. The Morgan fingerprint density at radius 2 is 1.65 bits per heavy atom. The van der Waals surface area contributed by atoms with Crippen molar-refractivity contribution in [2.75, 3.05) is 5.32 Å². The maximum Gasteiger partial charge on any atom is 0.226 e. The highest BCUT2D eigenvalue weighted by Gasteiger charge is 2.17. The predicted molar refractivity (Wildman–Crippen MR) is 92.4 cm³/mol. The standard InChI is InChI=1S/C18H19ClN2O2/c1-12-3-5-14(6-4-12)17(20-13(2)22)11-18(23)21-16-9-7-15(19)8-10-16/h3-10,17H,11H2,1-2H3,(H,20,22)(H,21,23). The number of hydrogen-bond donors (Lipinski definition) is 2. The van der Waals surface area contributed by atoms with Gasteiger partial charge in [0.1, 0.15) is 0 Å². The fourth-order valence-corrected chi connectivity index (χ4v) is 2.35. The van der Waals surface area contributed by atoms with Gasteiger partial charge in [0, 0.05) is 17.6 Å². The number of amides is 2. The van der Waals surface area contributed by atoms with Crippen LogP contribution in [0.25, 0.3) is 0 Å². The van der Waals surface area contributed by atoms with Gasteiger partial charge in [0.25, 0.3) is 0 Å². The van der Waals surface area contributed by atoms with Gasteiger partial charge >= 0.3 is 0 Å². The van der Waals surface area contributed by atoms with E-state index in [0.29, 0.717) is 10.7 Å². The Morgan fingerprint density at radius 1 is 1.04 bits per heavy atom. The van der Waals surface area contributed by atoms with Gasteiger partial charge < -0.3 is 10.6 Å². The van der Waals surface area contributed by atoms with E-state index in [4.69, 9.17) is 11.6 Å². The summed E-state index contributed by atoms with van der Waals surface area (Å²) < 4.78 is 0. The second-order valence-electron chi connectivity index (χ2n) is 5.42. The molecule has 2 aromatic carbocycles. The molecule has 4 nitrogen and oxygen atoms in total. The monoisotopic (exact) mass is 330 g/mol. The molecular formula is C18H19ClN2O2. The summed E-state index contributed by atoms with van der Waals surface area (Å²) in [6, 6.07) is 14.3. The Labute approximate surface area is 140 Å². The van der Waals surface area contributed by atoms with E-state index in [0.717, 1.165) is 11.1 Å². The van der Waals surface area contributed by atoms with Crippen LogP contribution < -0.4 is 10.6 Å². The molecule has 2 N–H and O–H groups in total. The van der Waals surface area contributed by atoms with E-state index in [1.54, 1.807) is 24.3 Å². The molecule has 2 rings (SSSR count). The molecule has 0 bridgehead atoms. The molecular weight excluding hydrogens is 312 g/mol. The maximum atomic E-state index is 12.2. The molecule has 0 saturated heterocycles. The second-order valence-corrected chi connectivity index (χ2v) is 5.86. The molecule has 5 heteroatoms. The molecule has 120 valence electrons. The Balaban J connectivity index is 2.07. The molecule has 1 atom stereocenters. The molecule has 2 aromatic rings. The van der Waals surface area contributed by atoms with E-state index in [-0.39, 0.29) is 24.3 Å². The van der Waals surface area contributed by atoms with Gasteiger partial charge in [-0.15, -0.1) is 0 Å². The smallest absolute Gasteiger partial charge is 0.226 e. The van der Waals surface area contributed by atoms with Gasteiger partial charge in [-0.25, -0.2) is 0 Å². The summed E-state index contributed by atoms with van der Waals surface area (Å²) in [5.74, 6) is -0.346. The Kier molecular flexibility index (Phi) is 5.77. The van der Waals surface area contributed by atoms with Crippen LogP contribution in [0.3, 0.4) is 0 Å². The van der Waals surface area contributed by atoms with Crippen LogP contribution in [0.5, 0.6) is 0 Å². The summed E-state index contributed by atoms with van der Waals surface area (Å²) >= 11 is 5.82. The van der Waals surface area contributed by atoms with E-state index in [2.05, 4.69) is 10.6 Å². The summed E-state index contributed by atoms with van der Waals surface area (Å²) in [6.45, 7) is 3.43. The Hall–Kier alpha value is -2.33. The molecule has 0 spiro atoms. The first kappa shape index (κ1) is 17.0. The van der Waals surface area contributed by atoms with Gasteiger partial charge in [0.15, 0.2) is 0 Å². The number of anilines is 1. The third kappa shape index (κ3) is 5.42. The third-order valence-electron chi connectivity index (χ3n) is 3.37. The lowest BCUT2D eigenvalue weighted by molar-refractivity contribution is -0.120. The average Bonchev–Trinajstić information content (AvgIpc) is 2.49. The van der Waals surface area contributed by atoms with Crippen LogP contribution in [0, 0.1) is 6.92 Å². The van der Waals surface area contributed by atoms with Gasteiger partial charge in [-0.1, -0.05) is 41.4 Å². The lowest BCUT2D eigenvalue weighted by Crippen LogP contribution is -2.29. The first-order valence-electron chi connectivity index (χ1n) is 7.33. The summed E-state index contributed by atoms with van der Waals surface area (Å²) in [5.41, 5.74) is 2.70. The first-order valence-corrected chi connectivity index (χ1v) is 7.71. The quantitative estimate of drug-likeness (QED) is 0.874. The number of halogens is 1. The molecule has 2 amide bonds. The zero-order chi connectivity index (χ0) is 16.8. The maximum absolute atomic E-state index is 12.2. The van der Waals surface area contributed by atoms with Crippen LogP contribution in [-0.2, 0) is 9.59 Å². The summed E-state index contributed by atoms with van der Waals surface area (Å²) in [4.78, 5) is 23.6. The van der Waals surface area contributed by atoms with Crippen molar-refractivity contribution in [3.05, 3.63) is 64.7 Å². The van der Waals surface area contributed by atoms with Crippen molar-refractivity contribution in [1.82, 2.24) is 5.32 Å². The average molecular weight is 331 g/mol. The Bertz CT molecular complexity index is 681. The summed E-state index contributed by atoms with van der Waals surface area (Å²) in [7, 11) is 0. The van der Waals surface area contributed by atoms with E-state index in [1.165, 1.54) is 6.92 Å². The number of nitrogens with one attached hydrogen (secondary N) is 2. The van der Waals surface area contributed by atoms with Gasteiger partial charge in [-0.3, -0.25) is 9.59 Å². The van der Waals surface area contributed by atoms with Crippen molar-refractivity contribution in [2.45, 2.75) is 26.3 Å². The molecule has 0 radical (unpaired) electrons. The van der Waals surface area contributed by atoms with Gasteiger partial charge in [0.2, 0.25) is 11.8 Å². The van der Waals surface area contributed by atoms with Crippen molar-refractivity contribution < 1.29 is 9.59 Å². The number of aryl methyl sites for hydroxylation is 1. The topological polar surface area (TPSA) is 58.2 Å². The predicted octanol–water partition coefficient (Wildman–Crippen LogP) is 3.85. The van der Waals surface area contributed by atoms with Crippen LogP contribution in [0.4, 0.5) is 5.69 Å². The molecule has 0 aliphatic carbocycles. The zero-order valence-corrected chi connectivity index (χ0v) is 13.9. The van der Waals surface area contributed by atoms with Gasteiger partial charge in [-0.2, -0.15) is 0 Å². The number of rotatable bonds is 5. The van der Waals surface area contributed by atoms with E-state index in [9.17, 15) is 9.59 Å². The normalized spacial score (nSPS) is 11.6. The molecule has 0 aromatic heterocycles. The van der Waals surface area contributed by atoms with E-state index >= 15 is 0 Å². The van der Waals surface area contributed by atoms with Crippen LogP contribution in [0.2, 0.25) is 5.02 Å². The van der Waals surface area contributed by atoms with E-state index < -0.39 is 0 Å². The molecule has 0 fully saturated rings. The third-order valence-corrected chi connectivity index (χ3v) is 3.63. The fourth-order valence-electron chi connectivity index (χ4n) is 2.23. The molecule has 23 heavy (non-hydrogen) atoms. The summed E-state index contributed by atoms with van der Waals surface area (Å²) in [5, 5.41) is 6.24. The molecule has 0 heterocycles. The highest BCUT2D eigenvalue weighted by Crippen LogP contribution is 2.19. The lowest BCUT2D eigenvalue weighted by Gasteiger charge is -2.18. The zero-order valence-electron chi connectivity index (χ0n) is 13.1. The molecule has 0 aliphatic rings. The van der Waals surface area contributed by atoms with Crippen molar-refractivity contribution in [3.8, 4) is 0 Å². The highest BCUT2D eigenvalue weighted by atomic mass is 35.5. The van der Waals surface area contributed by atoms with Gasteiger partial charge in [-0.05, 0) is 36.8 Å². The largest absolute Gasteiger partial charge is 0.349 e. The summed E-state index contributed by atoms with van der Waals surface area (Å²) in [6.07, 6.45) is 0.158. The molecule has 0 aliphatic heterocycles. The van der Waals surface area contributed by atoms with Crippen molar-refractivity contribution in [2.24, 2.45) is 0 Å². The Morgan fingerprint density at radius 3 is 2.22 bits per heavy atom. The van der Waals surface area contributed by atoms with Crippen LogP contribution >= 0.6 is 11.6 Å². The van der Waals surface area contributed by atoms with Crippen molar-refractivity contribution in [3.63, 3.8) is 0 Å². The highest BCUT2D eigenvalue weighted by molar-refractivity contribution is 6.30. The molecule has 1 unspecified atom stereocenters. The SMILES string of the molecule is CC(=O)NC(CC(=O)Nc1ccc(Cl)cc1)c1ccc(C)cc1. The van der Waals surface area contributed by atoms with Gasteiger partial charge in [0.05, 0.1) is 12.5 Å². The minimum Gasteiger partial charge on any atom is -0.349 e. The number of carbonyl (C=O) groups is 2. The first-order chi connectivity index (χ1) is 10.9. The number of benzene rings is 2. The van der Waals surface area contributed by atoms with E-state index in [1.807, 2.05) is 31.2 Å². The van der Waals surface area contributed by atoms with Crippen LogP contribution in [0.1, 0.15) is 30.5 Å². The lowest BCUT2D eigenvalue weighted by atomic mass is 10.0. The minimum atomic E-state index is -0.361. The molecule has 0 saturated carbocycles. The number of hydrogen-bond acceptors (Lipinski definition) is 2. The van der Waals surface area contributed by atoms with Crippen molar-refractivity contribution in [1.29, 1.82) is 0 Å². The minimum absolute atomic E-state index is 0.158. The van der Waals surface area contributed by atoms with Crippen molar-refractivity contribution >= 4 is 29.1 Å². The van der Waals surface area contributed by atoms with Crippen LogP contribution in [0.15, 0.2) is 48.5 Å². The second kappa shape index (κ2) is 7.79. The van der Waals surface area contributed by atoms with Crippen LogP contribution in [-0.4, -0.2) is 11.8 Å². The number of carbonyl (C=O) groups excluding carboxylic acids is 2.